The van der Waals surface area contributed by atoms with Crippen molar-refractivity contribution in [3.05, 3.63) is 95.6 Å². The summed E-state index contributed by atoms with van der Waals surface area (Å²) >= 11 is 0. The van der Waals surface area contributed by atoms with Gasteiger partial charge in [0.25, 0.3) is 5.91 Å². The van der Waals surface area contributed by atoms with Crippen molar-refractivity contribution in [1.29, 1.82) is 0 Å². The van der Waals surface area contributed by atoms with Gasteiger partial charge in [-0.2, -0.15) is 5.10 Å². The molecule has 3 rings (SSSR count). The highest BCUT2D eigenvalue weighted by molar-refractivity contribution is 5.94. The molecule has 0 radical (unpaired) electrons. The molecule has 164 valence electrons. The summed E-state index contributed by atoms with van der Waals surface area (Å²) in [6, 6.07) is 23.1. The number of ether oxygens (including phenoxy) is 2. The molecule has 0 aliphatic rings. The number of methoxy groups -OCH3 is 2. The number of carbonyl (C=O) groups is 2. The van der Waals surface area contributed by atoms with Gasteiger partial charge < -0.3 is 14.8 Å². The highest BCUT2D eigenvalue weighted by atomic mass is 16.5. The number of para-hydroxylation sites is 1. The van der Waals surface area contributed by atoms with Crippen molar-refractivity contribution >= 4 is 18.0 Å². The first-order valence-electron chi connectivity index (χ1n) is 10.1. The molecule has 0 spiro atoms. The van der Waals surface area contributed by atoms with Gasteiger partial charge in [-0.25, -0.2) is 5.43 Å². The lowest BCUT2D eigenvalue weighted by Gasteiger charge is -2.18. The number of amides is 2. The fourth-order valence-corrected chi connectivity index (χ4v) is 3.19. The molecule has 0 aliphatic carbocycles. The van der Waals surface area contributed by atoms with E-state index in [1.165, 1.54) is 13.3 Å². The zero-order valence-electron chi connectivity index (χ0n) is 17.9. The Morgan fingerprint density at radius 3 is 2.25 bits per heavy atom. The van der Waals surface area contributed by atoms with Crippen molar-refractivity contribution in [2.24, 2.45) is 5.10 Å². The Hall–Kier alpha value is -4.13. The molecule has 7 nitrogen and oxygen atoms in total. The van der Waals surface area contributed by atoms with Crippen molar-refractivity contribution in [2.75, 3.05) is 14.2 Å². The molecule has 0 heterocycles. The van der Waals surface area contributed by atoms with Crippen molar-refractivity contribution in [2.45, 2.75) is 12.5 Å². The summed E-state index contributed by atoms with van der Waals surface area (Å²) in [6.07, 6.45) is 1.51. The number of hydrazone groups is 1. The van der Waals surface area contributed by atoms with E-state index < -0.39 is 6.04 Å². The second-order valence-electron chi connectivity index (χ2n) is 6.88. The number of benzene rings is 3. The number of carbonyl (C=O) groups excluding carboxylic acids is 2. The van der Waals surface area contributed by atoms with Gasteiger partial charge in [0.2, 0.25) is 5.91 Å². The van der Waals surface area contributed by atoms with Gasteiger partial charge in [-0.1, -0.05) is 54.6 Å². The molecule has 3 aromatic rings. The van der Waals surface area contributed by atoms with Crippen LogP contribution in [0.1, 0.15) is 33.9 Å². The second kappa shape index (κ2) is 11.3. The third-order valence-electron chi connectivity index (χ3n) is 4.76. The van der Waals surface area contributed by atoms with E-state index in [0.717, 1.165) is 5.56 Å². The lowest BCUT2D eigenvalue weighted by Crippen LogP contribution is -2.32. The molecule has 0 saturated heterocycles. The third kappa shape index (κ3) is 5.95. The third-order valence-corrected chi connectivity index (χ3v) is 4.76. The van der Waals surface area contributed by atoms with Gasteiger partial charge in [0, 0.05) is 11.1 Å². The molecule has 2 amide bonds. The largest absolute Gasteiger partial charge is 0.493 e. The average Bonchev–Trinajstić information content (AvgIpc) is 2.84. The Morgan fingerprint density at radius 2 is 1.59 bits per heavy atom. The predicted molar refractivity (Wildman–Crippen MR) is 123 cm³/mol. The van der Waals surface area contributed by atoms with E-state index in [4.69, 9.17) is 9.47 Å². The first-order valence-corrected chi connectivity index (χ1v) is 10.1. The summed E-state index contributed by atoms with van der Waals surface area (Å²) < 4.78 is 10.6. The topological polar surface area (TPSA) is 89.0 Å². The maximum absolute atomic E-state index is 12.6. The van der Waals surface area contributed by atoms with E-state index in [9.17, 15) is 9.59 Å². The summed E-state index contributed by atoms with van der Waals surface area (Å²) in [7, 11) is 3.08. The molecule has 3 aromatic carbocycles. The van der Waals surface area contributed by atoms with Gasteiger partial charge in [-0.15, -0.1) is 0 Å². The Kier molecular flexibility index (Phi) is 7.97. The standard InChI is InChI=1S/C25H25N3O4/c1-31-22-15-9-14-20(24(22)32-2)17-26-28-23(29)16-21(18-10-5-3-6-11-18)27-25(30)19-12-7-4-8-13-19/h3-15,17,21H,16H2,1-2H3,(H,27,30)(H,28,29)/b26-17-/t21-/m0/s1. The van der Waals surface area contributed by atoms with Crippen molar-refractivity contribution < 1.29 is 19.1 Å². The molecule has 1 atom stereocenters. The van der Waals surface area contributed by atoms with E-state index in [1.807, 2.05) is 36.4 Å². The number of nitrogens with one attached hydrogen (secondary N) is 2. The highest BCUT2D eigenvalue weighted by Crippen LogP contribution is 2.29. The summed E-state index contributed by atoms with van der Waals surface area (Å²) in [5, 5.41) is 6.97. The van der Waals surface area contributed by atoms with Crippen LogP contribution in [0.4, 0.5) is 0 Å². The van der Waals surface area contributed by atoms with Crippen LogP contribution in [0.2, 0.25) is 0 Å². The van der Waals surface area contributed by atoms with Crippen LogP contribution in [-0.2, 0) is 4.79 Å². The first-order chi connectivity index (χ1) is 15.6. The molecular weight excluding hydrogens is 406 g/mol. The summed E-state index contributed by atoms with van der Waals surface area (Å²) in [5.74, 6) is 0.489. The molecule has 0 saturated carbocycles. The van der Waals surface area contributed by atoms with Crippen LogP contribution in [0.3, 0.4) is 0 Å². The number of nitrogens with zero attached hydrogens (tertiary/aromatic N) is 1. The minimum absolute atomic E-state index is 0.0230. The quantitative estimate of drug-likeness (QED) is 0.399. The SMILES string of the molecule is COc1cccc(/C=N\NC(=O)C[C@H](NC(=O)c2ccccc2)c2ccccc2)c1OC. The molecule has 0 unspecified atom stereocenters. The minimum atomic E-state index is -0.509. The molecule has 0 fully saturated rings. The smallest absolute Gasteiger partial charge is 0.251 e. The van der Waals surface area contributed by atoms with Crippen LogP contribution < -0.4 is 20.2 Å². The van der Waals surface area contributed by atoms with Crippen LogP contribution in [-0.4, -0.2) is 32.2 Å². The fourth-order valence-electron chi connectivity index (χ4n) is 3.19. The van der Waals surface area contributed by atoms with E-state index in [0.29, 0.717) is 22.6 Å². The summed E-state index contributed by atoms with van der Waals surface area (Å²) in [4.78, 5) is 25.2. The molecule has 0 bridgehead atoms. The second-order valence-corrected chi connectivity index (χ2v) is 6.88. The zero-order chi connectivity index (χ0) is 22.8. The lowest BCUT2D eigenvalue weighted by molar-refractivity contribution is -0.121. The van der Waals surface area contributed by atoms with Gasteiger partial charge in [0.15, 0.2) is 11.5 Å². The molecule has 0 aliphatic heterocycles. The summed E-state index contributed by atoms with van der Waals surface area (Å²) in [5.41, 5.74) is 4.52. The Labute approximate surface area is 187 Å². The maximum atomic E-state index is 12.6. The normalized spacial score (nSPS) is 11.6. The molecule has 32 heavy (non-hydrogen) atoms. The van der Waals surface area contributed by atoms with Crippen LogP contribution in [0.5, 0.6) is 11.5 Å². The van der Waals surface area contributed by atoms with Crippen molar-refractivity contribution in [3.63, 3.8) is 0 Å². The first kappa shape index (κ1) is 22.6. The Bertz CT molecular complexity index is 1070. The van der Waals surface area contributed by atoms with E-state index in [-0.39, 0.29) is 18.2 Å². The Balaban J connectivity index is 1.69. The summed E-state index contributed by atoms with van der Waals surface area (Å²) in [6.45, 7) is 0. The highest BCUT2D eigenvalue weighted by Gasteiger charge is 2.19. The average molecular weight is 431 g/mol. The number of hydrogen-bond donors (Lipinski definition) is 2. The fraction of sp³-hybridized carbons (Fsp3) is 0.160. The molecular formula is C25H25N3O4. The molecule has 0 aromatic heterocycles. The van der Waals surface area contributed by atoms with Gasteiger partial charge >= 0.3 is 0 Å². The number of rotatable bonds is 9. The zero-order valence-corrected chi connectivity index (χ0v) is 17.9. The molecule has 2 N–H and O–H groups in total. The lowest BCUT2D eigenvalue weighted by atomic mass is 10.0. The minimum Gasteiger partial charge on any atom is -0.493 e. The van der Waals surface area contributed by atoms with Crippen molar-refractivity contribution in [1.82, 2.24) is 10.7 Å². The van der Waals surface area contributed by atoms with Gasteiger partial charge in [0.05, 0.1) is 32.9 Å². The van der Waals surface area contributed by atoms with Crippen LogP contribution in [0, 0.1) is 0 Å². The predicted octanol–water partition coefficient (Wildman–Crippen LogP) is 3.72. The molecule has 7 heteroatoms. The van der Waals surface area contributed by atoms with Gasteiger partial charge in [-0.3, -0.25) is 9.59 Å². The van der Waals surface area contributed by atoms with Gasteiger partial charge in [-0.05, 0) is 29.8 Å². The number of hydrogen-bond acceptors (Lipinski definition) is 5. The van der Waals surface area contributed by atoms with Crippen LogP contribution >= 0.6 is 0 Å². The van der Waals surface area contributed by atoms with E-state index >= 15 is 0 Å². The Morgan fingerprint density at radius 1 is 0.906 bits per heavy atom. The van der Waals surface area contributed by atoms with Gasteiger partial charge in [0.1, 0.15) is 0 Å². The maximum Gasteiger partial charge on any atom is 0.251 e. The monoisotopic (exact) mass is 431 g/mol. The van der Waals surface area contributed by atoms with Crippen LogP contribution in [0.15, 0.2) is 84.0 Å². The van der Waals surface area contributed by atoms with E-state index in [2.05, 4.69) is 15.8 Å². The van der Waals surface area contributed by atoms with Crippen LogP contribution in [0.25, 0.3) is 0 Å². The van der Waals surface area contributed by atoms with Crippen molar-refractivity contribution in [3.8, 4) is 11.5 Å². The van der Waals surface area contributed by atoms with E-state index in [1.54, 1.807) is 49.6 Å².